The summed E-state index contributed by atoms with van der Waals surface area (Å²) >= 11 is 0. The minimum absolute atomic E-state index is 0.0663. The lowest BCUT2D eigenvalue weighted by molar-refractivity contribution is -0.155. The Morgan fingerprint density at radius 3 is 2.00 bits per heavy atom. The first-order chi connectivity index (χ1) is 8.78. The molecule has 0 rings (SSSR count). The predicted octanol–water partition coefficient (Wildman–Crippen LogP) is 3.46. The van der Waals surface area contributed by atoms with Crippen LogP contribution in [0.25, 0.3) is 0 Å². The fourth-order valence-electron chi connectivity index (χ4n) is 1.49. The Hall–Kier alpha value is -0.393. The van der Waals surface area contributed by atoms with Crippen LogP contribution in [0.5, 0.6) is 0 Å². The SMILES string of the molecule is CC(C)(C)OC(=O)CC[C@H](CN)O[Si](C)(C)C(C)(C)C. The smallest absolute Gasteiger partial charge is 0.306 e. The second-order valence-electron chi connectivity index (χ2n) is 7.86. The van der Waals surface area contributed by atoms with Gasteiger partial charge in [-0.3, -0.25) is 4.79 Å². The molecule has 0 aromatic rings. The van der Waals surface area contributed by atoms with E-state index in [0.717, 1.165) is 0 Å². The molecule has 0 saturated carbocycles. The maximum absolute atomic E-state index is 11.7. The highest BCUT2D eigenvalue weighted by molar-refractivity contribution is 6.74. The third kappa shape index (κ3) is 7.41. The number of carbonyl (C=O) groups is 1. The van der Waals surface area contributed by atoms with E-state index in [1.807, 2.05) is 20.8 Å². The molecule has 20 heavy (non-hydrogen) atoms. The molecule has 0 aromatic heterocycles. The lowest BCUT2D eigenvalue weighted by atomic mass is 10.1. The fourth-order valence-corrected chi connectivity index (χ4v) is 2.89. The van der Waals surface area contributed by atoms with Crippen molar-refractivity contribution >= 4 is 14.3 Å². The molecule has 0 amide bonds. The van der Waals surface area contributed by atoms with Gasteiger partial charge in [-0.15, -0.1) is 0 Å². The molecule has 0 heterocycles. The van der Waals surface area contributed by atoms with Crippen LogP contribution in [0.1, 0.15) is 54.4 Å². The molecule has 2 N–H and O–H groups in total. The summed E-state index contributed by atoms with van der Waals surface area (Å²) in [6, 6.07) is 0. The van der Waals surface area contributed by atoms with Gasteiger partial charge in [-0.2, -0.15) is 0 Å². The molecule has 0 fully saturated rings. The quantitative estimate of drug-likeness (QED) is 0.603. The number of carbonyl (C=O) groups excluding carboxylic acids is 1. The molecule has 5 heteroatoms. The van der Waals surface area contributed by atoms with Crippen molar-refractivity contribution in [1.82, 2.24) is 0 Å². The van der Waals surface area contributed by atoms with Crippen LogP contribution in [0.4, 0.5) is 0 Å². The lowest BCUT2D eigenvalue weighted by Crippen LogP contribution is -2.46. The van der Waals surface area contributed by atoms with Gasteiger partial charge in [0.05, 0.1) is 6.10 Å². The fraction of sp³-hybridized carbons (Fsp3) is 0.933. The molecule has 0 aromatic carbocycles. The highest BCUT2D eigenvalue weighted by Gasteiger charge is 2.38. The van der Waals surface area contributed by atoms with Crippen molar-refractivity contribution in [2.75, 3.05) is 6.54 Å². The van der Waals surface area contributed by atoms with Crippen LogP contribution < -0.4 is 5.73 Å². The second kappa shape index (κ2) is 7.05. The van der Waals surface area contributed by atoms with Crippen molar-refractivity contribution in [3.05, 3.63) is 0 Å². The van der Waals surface area contributed by atoms with E-state index in [2.05, 4.69) is 33.9 Å². The molecule has 0 spiro atoms. The van der Waals surface area contributed by atoms with E-state index >= 15 is 0 Å². The van der Waals surface area contributed by atoms with Gasteiger partial charge in [0.25, 0.3) is 0 Å². The molecule has 0 aliphatic rings. The Kier molecular flexibility index (Phi) is 6.91. The third-order valence-corrected chi connectivity index (χ3v) is 8.16. The van der Waals surface area contributed by atoms with Crippen molar-refractivity contribution in [3.63, 3.8) is 0 Å². The van der Waals surface area contributed by atoms with Crippen molar-refractivity contribution < 1.29 is 14.0 Å². The molecular weight excluding hydrogens is 270 g/mol. The standard InChI is InChI=1S/C15H33NO3Si/c1-14(2,3)18-13(17)10-9-12(11-16)19-20(7,8)15(4,5)6/h12H,9-11,16H2,1-8H3/t12-/m1/s1. The zero-order chi connectivity index (χ0) is 16.2. The zero-order valence-electron chi connectivity index (χ0n) is 14.5. The van der Waals surface area contributed by atoms with Gasteiger partial charge in [-0.05, 0) is 45.3 Å². The van der Waals surface area contributed by atoms with Crippen molar-refractivity contribution in [2.24, 2.45) is 5.73 Å². The first-order valence-electron chi connectivity index (χ1n) is 7.38. The maximum Gasteiger partial charge on any atom is 0.306 e. The van der Waals surface area contributed by atoms with Crippen LogP contribution in [0.3, 0.4) is 0 Å². The van der Waals surface area contributed by atoms with Gasteiger partial charge < -0.3 is 14.9 Å². The monoisotopic (exact) mass is 303 g/mol. The van der Waals surface area contributed by atoms with Gasteiger partial charge in [-0.25, -0.2) is 0 Å². The number of hydrogen-bond acceptors (Lipinski definition) is 4. The number of hydrogen-bond donors (Lipinski definition) is 1. The molecule has 0 unspecified atom stereocenters. The molecule has 1 atom stereocenters. The van der Waals surface area contributed by atoms with Gasteiger partial charge in [-0.1, -0.05) is 20.8 Å². The van der Waals surface area contributed by atoms with E-state index in [9.17, 15) is 4.79 Å². The molecule has 0 aliphatic carbocycles. The average Bonchev–Trinajstić information content (AvgIpc) is 2.19. The van der Waals surface area contributed by atoms with E-state index in [0.29, 0.717) is 19.4 Å². The highest BCUT2D eigenvalue weighted by atomic mass is 28.4. The van der Waals surface area contributed by atoms with Crippen molar-refractivity contribution in [1.29, 1.82) is 0 Å². The zero-order valence-corrected chi connectivity index (χ0v) is 15.5. The Balaban J connectivity index is 4.41. The Labute approximate surface area is 125 Å². The van der Waals surface area contributed by atoms with Crippen LogP contribution in [0.15, 0.2) is 0 Å². The van der Waals surface area contributed by atoms with Gasteiger partial charge in [0.2, 0.25) is 0 Å². The minimum atomic E-state index is -1.84. The topological polar surface area (TPSA) is 61.5 Å². The first-order valence-corrected chi connectivity index (χ1v) is 10.3. The van der Waals surface area contributed by atoms with Crippen molar-refractivity contribution in [2.45, 2.75) is 84.2 Å². The average molecular weight is 304 g/mol. The van der Waals surface area contributed by atoms with Crippen LogP contribution in [-0.4, -0.2) is 32.5 Å². The van der Waals surface area contributed by atoms with Crippen LogP contribution >= 0.6 is 0 Å². The number of rotatable bonds is 6. The van der Waals surface area contributed by atoms with Crippen LogP contribution in [0, 0.1) is 0 Å². The molecule has 0 radical (unpaired) electrons. The summed E-state index contributed by atoms with van der Waals surface area (Å²) in [5.74, 6) is -0.185. The van der Waals surface area contributed by atoms with E-state index in [1.54, 1.807) is 0 Å². The van der Waals surface area contributed by atoms with Gasteiger partial charge in [0.1, 0.15) is 5.60 Å². The summed E-state index contributed by atoms with van der Waals surface area (Å²) in [6.45, 7) is 17.0. The molecule has 0 saturated heterocycles. The van der Waals surface area contributed by atoms with E-state index < -0.39 is 13.9 Å². The van der Waals surface area contributed by atoms with E-state index in [4.69, 9.17) is 14.9 Å². The Morgan fingerprint density at radius 1 is 1.15 bits per heavy atom. The van der Waals surface area contributed by atoms with Crippen LogP contribution in [0.2, 0.25) is 18.1 Å². The second-order valence-corrected chi connectivity index (χ2v) is 12.6. The Bertz CT molecular complexity index is 316. The lowest BCUT2D eigenvalue weighted by Gasteiger charge is -2.39. The Morgan fingerprint density at radius 2 is 1.65 bits per heavy atom. The summed E-state index contributed by atoms with van der Waals surface area (Å²) in [6.07, 6.45) is 0.912. The largest absolute Gasteiger partial charge is 0.460 e. The molecule has 0 bridgehead atoms. The van der Waals surface area contributed by atoms with Gasteiger partial charge in [0.15, 0.2) is 8.32 Å². The summed E-state index contributed by atoms with van der Waals surface area (Å²) < 4.78 is 11.5. The van der Waals surface area contributed by atoms with Crippen LogP contribution in [-0.2, 0) is 14.0 Å². The van der Waals surface area contributed by atoms with E-state index in [1.165, 1.54) is 0 Å². The number of nitrogens with two attached hydrogens (primary N) is 1. The summed E-state index contributed by atoms with van der Waals surface area (Å²) in [7, 11) is -1.84. The predicted molar refractivity (Wildman–Crippen MR) is 86.2 cm³/mol. The first kappa shape index (κ1) is 19.6. The third-order valence-electron chi connectivity index (χ3n) is 3.62. The molecule has 120 valence electrons. The van der Waals surface area contributed by atoms with Gasteiger partial charge >= 0.3 is 5.97 Å². The highest BCUT2D eigenvalue weighted by Crippen LogP contribution is 2.37. The number of esters is 1. The minimum Gasteiger partial charge on any atom is -0.460 e. The maximum atomic E-state index is 11.7. The molecular formula is C15H33NO3Si. The van der Waals surface area contributed by atoms with E-state index in [-0.39, 0.29) is 17.1 Å². The summed E-state index contributed by atoms with van der Waals surface area (Å²) in [5, 5.41) is 0.145. The van der Waals surface area contributed by atoms with Crippen molar-refractivity contribution in [3.8, 4) is 0 Å². The molecule has 0 aliphatic heterocycles. The summed E-state index contributed by atoms with van der Waals surface area (Å²) in [4.78, 5) is 11.7. The number of ether oxygens (including phenoxy) is 1. The normalized spacial score (nSPS) is 15.1. The summed E-state index contributed by atoms with van der Waals surface area (Å²) in [5.41, 5.74) is 5.35. The molecule has 4 nitrogen and oxygen atoms in total. The van der Waals surface area contributed by atoms with Gasteiger partial charge in [0, 0.05) is 13.0 Å².